The van der Waals surface area contributed by atoms with Crippen LogP contribution in [-0.2, 0) is 28.6 Å². The first-order valence-corrected chi connectivity index (χ1v) is 11.6. The lowest BCUT2D eigenvalue weighted by atomic mass is 9.69. The monoisotopic (exact) mass is 471 g/mol. The molecule has 3 rings (SSSR count). The molecular weight excluding hydrogens is 438 g/mol. The van der Waals surface area contributed by atoms with E-state index in [-0.39, 0.29) is 24.9 Å². The second kappa shape index (κ2) is 11.3. The molecule has 0 aromatic heterocycles. The molecule has 0 spiro atoms. The minimum Gasteiger partial charge on any atom is -0.494 e. The van der Waals surface area contributed by atoms with Crippen molar-refractivity contribution in [1.29, 1.82) is 0 Å². The lowest BCUT2D eigenvalue weighted by molar-refractivity contribution is -0.151. The van der Waals surface area contributed by atoms with Crippen molar-refractivity contribution in [3.8, 4) is 5.75 Å². The zero-order valence-corrected chi connectivity index (χ0v) is 20.4. The molecule has 0 unspecified atom stereocenters. The summed E-state index contributed by atoms with van der Waals surface area (Å²) >= 11 is 0. The van der Waals surface area contributed by atoms with Crippen molar-refractivity contribution in [1.82, 2.24) is 5.32 Å². The van der Waals surface area contributed by atoms with Crippen molar-refractivity contribution in [2.75, 3.05) is 34.0 Å². The number of ketones is 1. The summed E-state index contributed by atoms with van der Waals surface area (Å²) in [5.41, 5.74) is 2.82. The van der Waals surface area contributed by atoms with Gasteiger partial charge in [0.1, 0.15) is 18.3 Å². The molecule has 34 heavy (non-hydrogen) atoms. The number of hydrogen-bond donors (Lipinski definition) is 1. The highest BCUT2D eigenvalue weighted by Gasteiger charge is 2.47. The summed E-state index contributed by atoms with van der Waals surface area (Å²) < 4.78 is 21.1. The first-order chi connectivity index (χ1) is 16.3. The molecule has 8 heteroatoms. The predicted octanol–water partition coefficient (Wildman–Crippen LogP) is 3.28. The predicted molar refractivity (Wildman–Crippen MR) is 125 cm³/mol. The molecule has 1 N–H and O–H groups in total. The van der Waals surface area contributed by atoms with E-state index in [1.54, 1.807) is 6.92 Å². The standard InChI is InChI=1S/C26H33NO7/c1-6-11-33-18-9-7-17(8-10-18)22-21(26(30)34-13-12-31-4)16(3)27-19-14-15(2)20(25(29)32-5)24(28)23(19)22/h7-10,15,20,22,27H,6,11-14H2,1-5H3/t15-,20+,22-/m0/s1. The number of carbonyl (C=O) groups is 3. The van der Waals surface area contributed by atoms with Gasteiger partial charge >= 0.3 is 11.9 Å². The van der Waals surface area contributed by atoms with Crippen LogP contribution in [0.4, 0.5) is 0 Å². The number of methoxy groups -OCH3 is 2. The van der Waals surface area contributed by atoms with Gasteiger partial charge < -0.3 is 24.3 Å². The molecule has 0 radical (unpaired) electrons. The van der Waals surface area contributed by atoms with Crippen molar-refractivity contribution in [3.63, 3.8) is 0 Å². The topological polar surface area (TPSA) is 100 Å². The summed E-state index contributed by atoms with van der Waals surface area (Å²) in [7, 11) is 2.80. The Balaban J connectivity index is 2.07. The molecule has 1 aromatic carbocycles. The average molecular weight is 472 g/mol. The van der Waals surface area contributed by atoms with E-state index in [2.05, 4.69) is 5.32 Å². The lowest BCUT2D eigenvalue weighted by Gasteiger charge is -2.38. The smallest absolute Gasteiger partial charge is 0.336 e. The number of carbonyl (C=O) groups excluding carboxylic acids is 3. The molecule has 1 aliphatic carbocycles. The third-order valence-corrected chi connectivity index (χ3v) is 6.17. The van der Waals surface area contributed by atoms with Gasteiger partial charge in [0.15, 0.2) is 5.78 Å². The van der Waals surface area contributed by atoms with Crippen LogP contribution in [-0.4, -0.2) is 51.8 Å². The Labute approximate surface area is 200 Å². The van der Waals surface area contributed by atoms with Crippen molar-refractivity contribution < 1.29 is 33.3 Å². The van der Waals surface area contributed by atoms with Gasteiger partial charge in [-0.3, -0.25) is 9.59 Å². The second-order valence-electron chi connectivity index (χ2n) is 8.58. The van der Waals surface area contributed by atoms with Crippen LogP contribution in [0.3, 0.4) is 0 Å². The molecule has 0 bridgehead atoms. The maximum atomic E-state index is 13.7. The molecule has 0 fully saturated rings. The fraction of sp³-hybridized carbons (Fsp3) is 0.500. The maximum Gasteiger partial charge on any atom is 0.336 e. The molecule has 0 saturated carbocycles. The molecule has 1 aliphatic heterocycles. The molecule has 1 aromatic rings. The minimum absolute atomic E-state index is 0.0876. The summed E-state index contributed by atoms with van der Waals surface area (Å²) in [6.45, 7) is 6.62. The van der Waals surface area contributed by atoms with E-state index in [1.165, 1.54) is 14.2 Å². The number of ether oxygens (including phenoxy) is 4. The first kappa shape index (κ1) is 25.5. The third-order valence-electron chi connectivity index (χ3n) is 6.17. The largest absolute Gasteiger partial charge is 0.494 e. The van der Waals surface area contributed by atoms with E-state index in [4.69, 9.17) is 18.9 Å². The number of hydrogen-bond acceptors (Lipinski definition) is 8. The Morgan fingerprint density at radius 3 is 2.41 bits per heavy atom. The van der Waals surface area contributed by atoms with Gasteiger partial charge in [0, 0.05) is 30.0 Å². The van der Waals surface area contributed by atoms with Crippen molar-refractivity contribution >= 4 is 17.7 Å². The number of nitrogens with one attached hydrogen (secondary N) is 1. The van der Waals surface area contributed by atoms with Gasteiger partial charge in [-0.05, 0) is 43.4 Å². The first-order valence-electron chi connectivity index (χ1n) is 11.6. The van der Waals surface area contributed by atoms with Crippen LogP contribution in [0.2, 0.25) is 0 Å². The van der Waals surface area contributed by atoms with Crippen LogP contribution >= 0.6 is 0 Å². The van der Waals surface area contributed by atoms with Gasteiger partial charge in [0.05, 0.1) is 25.9 Å². The number of benzene rings is 1. The molecule has 184 valence electrons. The molecule has 3 atom stereocenters. The summed E-state index contributed by atoms with van der Waals surface area (Å²) in [4.78, 5) is 39.3. The molecule has 2 aliphatic rings. The van der Waals surface area contributed by atoms with E-state index in [1.807, 2.05) is 38.1 Å². The molecular formula is C26H33NO7. The van der Waals surface area contributed by atoms with Crippen molar-refractivity contribution in [2.45, 2.75) is 39.5 Å². The van der Waals surface area contributed by atoms with Crippen LogP contribution in [0, 0.1) is 11.8 Å². The fourth-order valence-corrected chi connectivity index (χ4v) is 4.56. The van der Waals surface area contributed by atoms with Gasteiger partial charge in [0.25, 0.3) is 0 Å². The Hall–Kier alpha value is -3.13. The van der Waals surface area contributed by atoms with E-state index >= 15 is 0 Å². The molecule has 8 nitrogen and oxygen atoms in total. The number of allylic oxidation sites excluding steroid dienone is 3. The zero-order chi connectivity index (χ0) is 24.8. The highest BCUT2D eigenvalue weighted by atomic mass is 16.6. The number of Topliss-reactive ketones (excluding diaryl/α,β-unsaturated/α-hetero) is 1. The maximum absolute atomic E-state index is 13.7. The SMILES string of the molecule is CCCOc1ccc([C@H]2C(C(=O)OCCOC)=C(C)NC3=C2C(=O)[C@H](C(=O)OC)[C@@H](C)C3)cc1. The zero-order valence-electron chi connectivity index (χ0n) is 20.4. The second-order valence-corrected chi connectivity index (χ2v) is 8.58. The third kappa shape index (κ3) is 5.17. The fourth-order valence-electron chi connectivity index (χ4n) is 4.56. The normalized spacial score (nSPS) is 22.1. The number of rotatable bonds is 9. The van der Waals surface area contributed by atoms with E-state index in [0.717, 1.165) is 17.7 Å². The summed E-state index contributed by atoms with van der Waals surface area (Å²) in [5.74, 6) is -2.58. The molecule has 0 saturated heterocycles. The van der Waals surface area contributed by atoms with E-state index in [9.17, 15) is 14.4 Å². The van der Waals surface area contributed by atoms with Gasteiger partial charge in [-0.1, -0.05) is 26.0 Å². The summed E-state index contributed by atoms with van der Waals surface area (Å²) in [6.07, 6.45) is 1.37. The lowest BCUT2D eigenvalue weighted by Crippen LogP contribution is -2.43. The molecule has 1 heterocycles. The van der Waals surface area contributed by atoms with E-state index < -0.39 is 23.8 Å². The molecule has 0 amide bonds. The van der Waals surface area contributed by atoms with Gasteiger partial charge in [-0.25, -0.2) is 4.79 Å². The summed E-state index contributed by atoms with van der Waals surface area (Å²) in [6, 6.07) is 7.34. The Morgan fingerprint density at radius 2 is 1.79 bits per heavy atom. The van der Waals surface area contributed by atoms with Crippen LogP contribution in [0.1, 0.15) is 45.1 Å². The van der Waals surface area contributed by atoms with Gasteiger partial charge in [-0.15, -0.1) is 0 Å². The van der Waals surface area contributed by atoms with Gasteiger partial charge in [0.2, 0.25) is 0 Å². The highest BCUT2D eigenvalue weighted by Crippen LogP contribution is 2.45. The van der Waals surface area contributed by atoms with Crippen LogP contribution in [0.15, 0.2) is 46.8 Å². The average Bonchev–Trinajstić information content (AvgIpc) is 2.82. The van der Waals surface area contributed by atoms with Crippen LogP contribution in [0.25, 0.3) is 0 Å². The minimum atomic E-state index is -0.927. The van der Waals surface area contributed by atoms with Crippen LogP contribution < -0.4 is 10.1 Å². The quantitative estimate of drug-likeness (QED) is 0.333. The van der Waals surface area contributed by atoms with Crippen LogP contribution in [0.5, 0.6) is 5.75 Å². The van der Waals surface area contributed by atoms with Crippen molar-refractivity contribution in [2.24, 2.45) is 11.8 Å². The van der Waals surface area contributed by atoms with Crippen molar-refractivity contribution in [3.05, 3.63) is 52.4 Å². The Morgan fingerprint density at radius 1 is 1.09 bits per heavy atom. The number of dihydropyridines is 1. The van der Waals surface area contributed by atoms with E-state index in [0.29, 0.717) is 35.6 Å². The Kier molecular flexibility index (Phi) is 8.50. The van der Waals surface area contributed by atoms with Gasteiger partial charge in [-0.2, -0.15) is 0 Å². The summed E-state index contributed by atoms with van der Waals surface area (Å²) in [5, 5.41) is 3.25. The number of esters is 2. The Bertz CT molecular complexity index is 993. The highest BCUT2D eigenvalue weighted by molar-refractivity contribution is 6.12.